The van der Waals surface area contributed by atoms with Gasteiger partial charge in [0.25, 0.3) is 0 Å². The second-order valence-corrected chi connectivity index (χ2v) is 6.93. The summed E-state index contributed by atoms with van der Waals surface area (Å²) >= 11 is 0. The lowest BCUT2D eigenvalue weighted by Gasteiger charge is -2.20. The zero-order valence-corrected chi connectivity index (χ0v) is 14.1. The van der Waals surface area contributed by atoms with Gasteiger partial charge < -0.3 is 11.1 Å². The highest BCUT2D eigenvalue weighted by Gasteiger charge is 2.45. The van der Waals surface area contributed by atoms with E-state index in [1.54, 1.807) is 0 Å². The van der Waals surface area contributed by atoms with Crippen LogP contribution in [0.1, 0.15) is 49.7 Å². The summed E-state index contributed by atoms with van der Waals surface area (Å²) in [6, 6.07) is 8.77. The van der Waals surface area contributed by atoms with Gasteiger partial charge in [-0.05, 0) is 49.7 Å². The van der Waals surface area contributed by atoms with Gasteiger partial charge in [0.15, 0.2) is 0 Å². The lowest BCUT2D eigenvalue weighted by molar-refractivity contribution is -0.122. The van der Waals surface area contributed by atoms with Crippen LogP contribution in [-0.4, -0.2) is 18.5 Å². The van der Waals surface area contributed by atoms with Crippen LogP contribution in [-0.2, 0) is 10.2 Å². The normalized spacial score (nSPS) is 25.4. The Morgan fingerprint density at radius 1 is 1.32 bits per heavy atom. The summed E-state index contributed by atoms with van der Waals surface area (Å²) in [6.45, 7) is 2.94. The van der Waals surface area contributed by atoms with Gasteiger partial charge in [0.05, 0.1) is 0 Å². The Hall–Kier alpha value is -1.06. The van der Waals surface area contributed by atoms with E-state index in [9.17, 15) is 4.79 Å². The summed E-state index contributed by atoms with van der Waals surface area (Å²) in [7, 11) is 0. The van der Waals surface area contributed by atoms with Crippen molar-refractivity contribution in [3.05, 3.63) is 35.4 Å². The maximum Gasteiger partial charge on any atom is 0.220 e. The molecule has 2 fully saturated rings. The first-order valence-corrected chi connectivity index (χ1v) is 8.19. The van der Waals surface area contributed by atoms with Crippen molar-refractivity contribution < 1.29 is 4.79 Å². The van der Waals surface area contributed by atoms with Gasteiger partial charge in [-0.3, -0.25) is 4.79 Å². The largest absolute Gasteiger partial charge is 0.355 e. The number of aryl methyl sites for hydroxylation is 1. The number of carbonyl (C=O) groups excluding carboxylic acids is 1. The van der Waals surface area contributed by atoms with E-state index in [2.05, 4.69) is 36.5 Å². The van der Waals surface area contributed by atoms with Crippen LogP contribution in [0.5, 0.6) is 0 Å². The fourth-order valence-electron chi connectivity index (χ4n) is 3.76. The second kappa shape index (κ2) is 7.01. The van der Waals surface area contributed by atoms with E-state index in [1.165, 1.54) is 30.4 Å². The van der Waals surface area contributed by atoms with Crippen LogP contribution in [0.25, 0.3) is 0 Å². The zero-order chi connectivity index (χ0) is 14.9. The van der Waals surface area contributed by atoms with Crippen LogP contribution >= 0.6 is 12.4 Å². The monoisotopic (exact) mass is 322 g/mol. The molecule has 2 aliphatic carbocycles. The lowest BCUT2D eigenvalue weighted by Crippen LogP contribution is -2.35. The molecule has 2 atom stereocenters. The van der Waals surface area contributed by atoms with Crippen LogP contribution in [0.3, 0.4) is 0 Å². The molecule has 0 spiro atoms. The molecule has 2 aliphatic rings. The van der Waals surface area contributed by atoms with Crippen LogP contribution in [0, 0.1) is 12.8 Å². The third kappa shape index (κ3) is 3.64. The molecule has 3 N–H and O–H groups in total. The molecule has 22 heavy (non-hydrogen) atoms. The van der Waals surface area contributed by atoms with Crippen LogP contribution in [0.4, 0.5) is 0 Å². The van der Waals surface area contributed by atoms with E-state index >= 15 is 0 Å². The molecule has 3 rings (SSSR count). The third-order valence-electron chi connectivity index (χ3n) is 5.36. The van der Waals surface area contributed by atoms with Gasteiger partial charge in [0, 0.05) is 24.4 Å². The molecule has 122 valence electrons. The standard InChI is InChI=1S/C18H26N2O.ClH/c1-13-5-2-3-7-15(13)18(9-10-18)12-20-17(21)11-14-6-4-8-16(14)19;/h2-3,5,7,14,16H,4,6,8-12,19H2,1H3,(H,20,21);1H/t14-,16+;/m0./s1. The Morgan fingerprint density at radius 2 is 2.05 bits per heavy atom. The highest BCUT2D eigenvalue weighted by atomic mass is 35.5. The summed E-state index contributed by atoms with van der Waals surface area (Å²) < 4.78 is 0. The van der Waals surface area contributed by atoms with Crippen molar-refractivity contribution in [3.8, 4) is 0 Å². The lowest BCUT2D eigenvalue weighted by atomic mass is 9.91. The SMILES string of the molecule is Cc1ccccc1C1(CNC(=O)C[C@@H]2CCC[C@H]2N)CC1.Cl. The summed E-state index contributed by atoms with van der Waals surface area (Å²) in [5.74, 6) is 0.566. The number of benzene rings is 1. The van der Waals surface area contributed by atoms with Gasteiger partial charge in [-0.25, -0.2) is 0 Å². The number of rotatable bonds is 5. The van der Waals surface area contributed by atoms with E-state index in [0.717, 1.165) is 19.4 Å². The summed E-state index contributed by atoms with van der Waals surface area (Å²) in [6.07, 6.45) is 6.32. The summed E-state index contributed by atoms with van der Waals surface area (Å²) in [5, 5.41) is 3.16. The molecule has 2 saturated carbocycles. The minimum Gasteiger partial charge on any atom is -0.355 e. The third-order valence-corrected chi connectivity index (χ3v) is 5.36. The molecular formula is C18H27ClN2O. The Kier molecular flexibility index (Phi) is 5.51. The number of hydrogen-bond donors (Lipinski definition) is 2. The van der Waals surface area contributed by atoms with Gasteiger partial charge in [-0.15, -0.1) is 12.4 Å². The topological polar surface area (TPSA) is 55.1 Å². The molecule has 1 aromatic carbocycles. The maximum absolute atomic E-state index is 12.2. The first-order valence-electron chi connectivity index (χ1n) is 8.19. The Bertz CT molecular complexity index is 528. The van der Waals surface area contributed by atoms with Gasteiger partial charge in [-0.2, -0.15) is 0 Å². The molecule has 0 bridgehead atoms. The van der Waals surface area contributed by atoms with Gasteiger partial charge in [0.2, 0.25) is 5.91 Å². The van der Waals surface area contributed by atoms with Crippen molar-refractivity contribution in [3.63, 3.8) is 0 Å². The average molecular weight is 323 g/mol. The van der Waals surface area contributed by atoms with E-state index < -0.39 is 0 Å². The Labute approximate surface area is 139 Å². The number of amides is 1. The number of carbonyl (C=O) groups is 1. The van der Waals surface area contributed by atoms with Crippen molar-refractivity contribution in [1.82, 2.24) is 5.32 Å². The highest BCUT2D eigenvalue weighted by molar-refractivity contribution is 5.85. The summed E-state index contributed by atoms with van der Waals surface area (Å²) in [4.78, 5) is 12.2. The van der Waals surface area contributed by atoms with Crippen molar-refractivity contribution in [2.75, 3.05) is 6.54 Å². The highest BCUT2D eigenvalue weighted by Crippen LogP contribution is 2.48. The second-order valence-electron chi connectivity index (χ2n) is 6.93. The van der Waals surface area contributed by atoms with Crippen LogP contribution in [0.2, 0.25) is 0 Å². The van der Waals surface area contributed by atoms with E-state index in [1.807, 2.05) is 0 Å². The molecule has 1 amide bonds. The molecule has 0 saturated heterocycles. The van der Waals surface area contributed by atoms with E-state index in [0.29, 0.717) is 12.3 Å². The molecular weight excluding hydrogens is 296 g/mol. The first kappa shape index (κ1) is 17.3. The van der Waals surface area contributed by atoms with Crippen molar-refractivity contribution >= 4 is 18.3 Å². The molecule has 0 unspecified atom stereocenters. The first-order chi connectivity index (χ1) is 10.1. The number of nitrogens with one attached hydrogen (secondary N) is 1. The molecule has 1 aromatic rings. The fourth-order valence-corrected chi connectivity index (χ4v) is 3.76. The molecule has 0 heterocycles. The molecule has 0 radical (unpaired) electrons. The smallest absolute Gasteiger partial charge is 0.220 e. The predicted octanol–water partition coefficient (Wildman–Crippen LogP) is 3.08. The van der Waals surface area contributed by atoms with Crippen molar-refractivity contribution in [2.45, 2.75) is 56.9 Å². The van der Waals surface area contributed by atoms with Crippen LogP contribution in [0.15, 0.2) is 24.3 Å². The minimum atomic E-state index is 0. The van der Waals surface area contributed by atoms with Crippen molar-refractivity contribution in [2.24, 2.45) is 11.7 Å². The molecule has 3 nitrogen and oxygen atoms in total. The number of nitrogens with two attached hydrogens (primary N) is 1. The fraction of sp³-hybridized carbons (Fsp3) is 0.611. The van der Waals surface area contributed by atoms with Crippen molar-refractivity contribution in [1.29, 1.82) is 0 Å². The maximum atomic E-state index is 12.2. The van der Waals surface area contributed by atoms with Crippen LogP contribution < -0.4 is 11.1 Å². The Morgan fingerprint density at radius 3 is 2.64 bits per heavy atom. The minimum absolute atomic E-state index is 0. The Balaban J connectivity index is 0.00000176. The molecule has 0 aromatic heterocycles. The average Bonchev–Trinajstić information content (AvgIpc) is 3.16. The van der Waals surface area contributed by atoms with E-state index in [4.69, 9.17) is 5.73 Å². The predicted molar refractivity (Wildman–Crippen MR) is 92.3 cm³/mol. The van der Waals surface area contributed by atoms with Gasteiger partial charge in [0.1, 0.15) is 0 Å². The quantitative estimate of drug-likeness (QED) is 0.875. The van der Waals surface area contributed by atoms with Gasteiger partial charge >= 0.3 is 0 Å². The zero-order valence-electron chi connectivity index (χ0n) is 13.3. The summed E-state index contributed by atoms with van der Waals surface area (Å²) in [5.41, 5.74) is 8.99. The van der Waals surface area contributed by atoms with Gasteiger partial charge in [-0.1, -0.05) is 30.7 Å². The number of hydrogen-bond acceptors (Lipinski definition) is 2. The van der Waals surface area contributed by atoms with E-state index in [-0.39, 0.29) is 29.8 Å². The number of halogens is 1. The molecule has 4 heteroatoms. The molecule has 0 aliphatic heterocycles.